The Kier molecular flexibility index (Phi) is 5.01. The second-order valence-corrected chi connectivity index (χ2v) is 5.62. The Balaban J connectivity index is 1.96. The van der Waals surface area contributed by atoms with Crippen LogP contribution in [-0.2, 0) is 9.53 Å². The Hall–Kier alpha value is -0.610. The van der Waals surface area contributed by atoms with E-state index < -0.39 is 0 Å². The van der Waals surface area contributed by atoms with E-state index in [0.29, 0.717) is 13.0 Å². The number of aliphatic hydroxyl groups is 1. The molecule has 3 atom stereocenters. The van der Waals surface area contributed by atoms with Crippen molar-refractivity contribution in [3.63, 3.8) is 0 Å². The molecule has 0 aromatic heterocycles. The number of carbonyl (C=O) groups excluding carboxylic acids is 1. The second kappa shape index (κ2) is 6.53. The van der Waals surface area contributed by atoms with Gasteiger partial charge >= 0.3 is 0 Å². The van der Waals surface area contributed by atoms with Crippen LogP contribution in [0.5, 0.6) is 0 Å². The van der Waals surface area contributed by atoms with Gasteiger partial charge in [0.1, 0.15) is 6.10 Å². The molecule has 2 rings (SSSR count). The summed E-state index contributed by atoms with van der Waals surface area (Å²) in [7, 11) is 0. The highest BCUT2D eigenvalue weighted by Gasteiger charge is 2.33. The van der Waals surface area contributed by atoms with Crippen LogP contribution in [-0.4, -0.2) is 47.3 Å². The predicted octanol–water partition coefficient (Wildman–Crippen LogP) is 1.71. The summed E-state index contributed by atoms with van der Waals surface area (Å²) in [5.74, 6) is 0.153. The minimum atomic E-state index is -0.337. The van der Waals surface area contributed by atoms with Gasteiger partial charge in [-0.1, -0.05) is 0 Å². The Labute approximate surface area is 109 Å². The number of hydrogen-bond donors (Lipinski definition) is 1. The van der Waals surface area contributed by atoms with E-state index in [0.717, 1.165) is 45.1 Å². The Morgan fingerprint density at radius 2 is 2.11 bits per heavy atom. The molecule has 4 heteroatoms. The Morgan fingerprint density at radius 3 is 2.78 bits per heavy atom. The molecule has 2 heterocycles. The first-order valence-corrected chi connectivity index (χ1v) is 7.28. The number of carbonyl (C=O) groups is 1. The van der Waals surface area contributed by atoms with Gasteiger partial charge in [-0.15, -0.1) is 0 Å². The first-order valence-electron chi connectivity index (χ1n) is 7.28. The van der Waals surface area contributed by atoms with Gasteiger partial charge in [-0.05, 0) is 51.9 Å². The van der Waals surface area contributed by atoms with E-state index in [-0.39, 0.29) is 24.2 Å². The first-order chi connectivity index (χ1) is 8.68. The molecule has 1 N–H and O–H groups in total. The van der Waals surface area contributed by atoms with Gasteiger partial charge < -0.3 is 14.7 Å². The maximum Gasteiger partial charge on any atom is 0.251 e. The molecule has 104 valence electrons. The lowest BCUT2D eigenvalue weighted by atomic mass is 9.96. The van der Waals surface area contributed by atoms with Crippen molar-refractivity contribution in [2.24, 2.45) is 0 Å². The number of hydrogen-bond acceptors (Lipinski definition) is 3. The quantitative estimate of drug-likeness (QED) is 0.835. The van der Waals surface area contributed by atoms with Crippen LogP contribution in [0.4, 0.5) is 0 Å². The van der Waals surface area contributed by atoms with Gasteiger partial charge in [-0.3, -0.25) is 4.79 Å². The molecule has 0 aromatic carbocycles. The second-order valence-electron chi connectivity index (χ2n) is 5.62. The molecule has 0 spiro atoms. The molecule has 2 fully saturated rings. The standard InChI is InChI=1S/C14H25NO3/c1-11(16)10-12-6-2-4-8-15(12)14(17)13-7-3-5-9-18-13/h11-13,16H,2-10H2,1H3. The van der Waals surface area contributed by atoms with Crippen LogP contribution in [0.1, 0.15) is 51.9 Å². The van der Waals surface area contributed by atoms with Crippen LogP contribution in [0.15, 0.2) is 0 Å². The van der Waals surface area contributed by atoms with Gasteiger partial charge in [0.05, 0.1) is 6.10 Å². The molecule has 3 unspecified atom stereocenters. The molecule has 4 nitrogen and oxygen atoms in total. The molecule has 18 heavy (non-hydrogen) atoms. The highest BCUT2D eigenvalue weighted by molar-refractivity contribution is 5.81. The van der Waals surface area contributed by atoms with E-state index in [1.807, 2.05) is 4.90 Å². The van der Waals surface area contributed by atoms with Crippen molar-refractivity contribution in [1.82, 2.24) is 4.90 Å². The van der Waals surface area contributed by atoms with E-state index in [4.69, 9.17) is 4.74 Å². The fourth-order valence-electron chi connectivity index (χ4n) is 3.05. The number of likely N-dealkylation sites (tertiary alicyclic amines) is 1. The molecule has 0 saturated carbocycles. The molecular weight excluding hydrogens is 230 g/mol. The summed E-state index contributed by atoms with van der Waals surface area (Å²) >= 11 is 0. The smallest absolute Gasteiger partial charge is 0.251 e. The van der Waals surface area contributed by atoms with Crippen molar-refractivity contribution in [2.75, 3.05) is 13.2 Å². The largest absolute Gasteiger partial charge is 0.393 e. The number of nitrogens with zero attached hydrogens (tertiary/aromatic N) is 1. The van der Waals surface area contributed by atoms with Gasteiger partial charge in [0, 0.05) is 19.2 Å². The fraction of sp³-hybridized carbons (Fsp3) is 0.929. The van der Waals surface area contributed by atoms with Crippen LogP contribution in [0, 0.1) is 0 Å². The minimum absolute atomic E-state index is 0.153. The predicted molar refractivity (Wildman–Crippen MR) is 69.2 cm³/mol. The maximum absolute atomic E-state index is 12.5. The maximum atomic E-state index is 12.5. The summed E-state index contributed by atoms with van der Waals surface area (Å²) in [5, 5.41) is 9.55. The number of rotatable bonds is 3. The van der Waals surface area contributed by atoms with Crippen LogP contribution < -0.4 is 0 Å². The lowest BCUT2D eigenvalue weighted by Crippen LogP contribution is -2.50. The lowest BCUT2D eigenvalue weighted by molar-refractivity contribution is -0.150. The van der Waals surface area contributed by atoms with Gasteiger partial charge in [0.25, 0.3) is 5.91 Å². The third kappa shape index (κ3) is 3.45. The molecule has 0 radical (unpaired) electrons. The normalized spacial score (nSPS) is 31.1. The number of piperidine rings is 1. The summed E-state index contributed by atoms with van der Waals surface area (Å²) in [4.78, 5) is 14.4. The van der Waals surface area contributed by atoms with Gasteiger partial charge in [0.15, 0.2) is 0 Å². The molecule has 2 aliphatic heterocycles. The number of aliphatic hydroxyl groups excluding tert-OH is 1. The SMILES string of the molecule is CC(O)CC1CCCCN1C(=O)C1CCCCO1. The van der Waals surface area contributed by atoms with Gasteiger partial charge in [0.2, 0.25) is 0 Å². The van der Waals surface area contributed by atoms with Crippen molar-refractivity contribution >= 4 is 5.91 Å². The van der Waals surface area contributed by atoms with E-state index >= 15 is 0 Å². The highest BCUT2D eigenvalue weighted by atomic mass is 16.5. The summed E-state index contributed by atoms with van der Waals surface area (Å²) in [6, 6.07) is 0.205. The topological polar surface area (TPSA) is 49.8 Å². The van der Waals surface area contributed by atoms with E-state index in [1.165, 1.54) is 0 Å². The third-order valence-corrected chi connectivity index (χ3v) is 3.98. The van der Waals surface area contributed by atoms with Crippen molar-refractivity contribution in [3.8, 4) is 0 Å². The Bertz CT molecular complexity index is 274. The van der Waals surface area contributed by atoms with E-state index in [1.54, 1.807) is 6.92 Å². The molecule has 2 saturated heterocycles. The first kappa shape index (κ1) is 13.8. The molecule has 1 amide bonds. The van der Waals surface area contributed by atoms with Crippen molar-refractivity contribution in [3.05, 3.63) is 0 Å². The Morgan fingerprint density at radius 1 is 1.33 bits per heavy atom. The zero-order valence-corrected chi connectivity index (χ0v) is 11.3. The van der Waals surface area contributed by atoms with Crippen LogP contribution in [0.3, 0.4) is 0 Å². The van der Waals surface area contributed by atoms with Crippen LogP contribution in [0.2, 0.25) is 0 Å². The van der Waals surface area contributed by atoms with Gasteiger partial charge in [-0.2, -0.15) is 0 Å². The zero-order valence-electron chi connectivity index (χ0n) is 11.3. The van der Waals surface area contributed by atoms with Crippen molar-refractivity contribution < 1.29 is 14.6 Å². The van der Waals surface area contributed by atoms with Gasteiger partial charge in [-0.25, -0.2) is 0 Å². The number of ether oxygens (including phenoxy) is 1. The van der Waals surface area contributed by atoms with E-state index in [9.17, 15) is 9.90 Å². The van der Waals surface area contributed by atoms with Crippen LogP contribution >= 0.6 is 0 Å². The lowest BCUT2D eigenvalue weighted by Gasteiger charge is -2.39. The van der Waals surface area contributed by atoms with Crippen molar-refractivity contribution in [2.45, 2.75) is 70.1 Å². The summed E-state index contributed by atoms with van der Waals surface area (Å²) in [6.45, 7) is 3.34. The monoisotopic (exact) mass is 255 g/mol. The third-order valence-electron chi connectivity index (χ3n) is 3.98. The highest BCUT2D eigenvalue weighted by Crippen LogP contribution is 2.24. The van der Waals surface area contributed by atoms with Crippen LogP contribution in [0.25, 0.3) is 0 Å². The average molecular weight is 255 g/mol. The molecular formula is C14H25NO3. The number of amides is 1. The fourth-order valence-corrected chi connectivity index (χ4v) is 3.05. The van der Waals surface area contributed by atoms with E-state index in [2.05, 4.69) is 0 Å². The summed E-state index contributed by atoms with van der Waals surface area (Å²) in [6.07, 6.45) is 6.40. The molecule has 0 bridgehead atoms. The zero-order chi connectivity index (χ0) is 13.0. The van der Waals surface area contributed by atoms with Crippen molar-refractivity contribution in [1.29, 1.82) is 0 Å². The summed E-state index contributed by atoms with van der Waals surface area (Å²) < 4.78 is 5.59. The molecule has 0 aliphatic carbocycles. The average Bonchev–Trinajstić information content (AvgIpc) is 2.39. The molecule has 0 aromatic rings. The summed E-state index contributed by atoms with van der Waals surface area (Å²) in [5.41, 5.74) is 0. The molecule has 2 aliphatic rings. The minimum Gasteiger partial charge on any atom is -0.393 e.